The van der Waals surface area contributed by atoms with Crippen molar-refractivity contribution in [1.82, 2.24) is 10.1 Å². The van der Waals surface area contributed by atoms with E-state index in [4.69, 9.17) is 8.94 Å². The quantitative estimate of drug-likeness (QED) is 0.766. The minimum atomic E-state index is -0.524. The summed E-state index contributed by atoms with van der Waals surface area (Å²) in [7, 11) is 0. The number of aromatic amines is 1. The molecule has 0 aliphatic carbocycles. The lowest BCUT2D eigenvalue weighted by atomic mass is 10.1. The fraction of sp³-hybridized carbons (Fsp3) is 0.214. The Hall–Kier alpha value is -2.83. The van der Waals surface area contributed by atoms with E-state index in [1.54, 1.807) is 32.0 Å². The number of amides is 1. The van der Waals surface area contributed by atoms with Crippen LogP contribution in [0.1, 0.15) is 17.0 Å². The first kappa shape index (κ1) is 13.2. The Kier molecular flexibility index (Phi) is 3.09. The number of benzene rings is 1. The molecule has 1 aromatic carbocycles. The van der Waals surface area contributed by atoms with Crippen molar-refractivity contribution in [1.29, 1.82) is 0 Å². The van der Waals surface area contributed by atoms with Crippen LogP contribution in [-0.2, 0) is 11.2 Å². The third-order valence-electron chi connectivity index (χ3n) is 3.22. The Bertz CT molecular complexity index is 852. The van der Waals surface area contributed by atoms with E-state index >= 15 is 0 Å². The number of aryl methyl sites for hydroxylation is 2. The maximum absolute atomic E-state index is 12.0. The molecule has 0 atom stereocenters. The Balaban J connectivity index is 1.78. The molecule has 0 saturated carbocycles. The molecular formula is C14H13N3O4. The van der Waals surface area contributed by atoms with E-state index in [9.17, 15) is 9.59 Å². The van der Waals surface area contributed by atoms with Crippen LogP contribution >= 0.6 is 0 Å². The first-order valence-corrected chi connectivity index (χ1v) is 6.37. The summed E-state index contributed by atoms with van der Waals surface area (Å²) in [6.45, 7) is 3.56. The molecule has 0 bridgehead atoms. The number of rotatable bonds is 3. The molecule has 7 nitrogen and oxygen atoms in total. The predicted molar refractivity (Wildman–Crippen MR) is 75.1 cm³/mol. The molecule has 0 spiro atoms. The second kappa shape index (κ2) is 4.93. The van der Waals surface area contributed by atoms with E-state index in [-0.39, 0.29) is 12.3 Å². The number of hydrogen-bond acceptors (Lipinski definition) is 5. The Morgan fingerprint density at radius 2 is 2.19 bits per heavy atom. The number of carbonyl (C=O) groups is 1. The zero-order valence-corrected chi connectivity index (χ0v) is 11.5. The van der Waals surface area contributed by atoms with Gasteiger partial charge in [-0.15, -0.1) is 0 Å². The zero-order valence-electron chi connectivity index (χ0n) is 11.5. The van der Waals surface area contributed by atoms with Gasteiger partial charge in [0.05, 0.1) is 17.6 Å². The molecule has 0 aliphatic heterocycles. The Morgan fingerprint density at radius 1 is 1.38 bits per heavy atom. The number of oxazole rings is 1. The fourth-order valence-electron chi connectivity index (χ4n) is 2.15. The second-order valence-corrected chi connectivity index (χ2v) is 4.75. The van der Waals surface area contributed by atoms with Gasteiger partial charge in [0, 0.05) is 11.3 Å². The van der Waals surface area contributed by atoms with Gasteiger partial charge in [-0.05, 0) is 32.0 Å². The lowest BCUT2D eigenvalue weighted by Gasteiger charge is -2.04. The average Bonchev–Trinajstić information content (AvgIpc) is 2.94. The third kappa shape index (κ3) is 2.58. The average molecular weight is 287 g/mol. The van der Waals surface area contributed by atoms with Gasteiger partial charge in [-0.2, -0.15) is 0 Å². The Morgan fingerprint density at radius 3 is 2.90 bits per heavy atom. The van der Waals surface area contributed by atoms with Gasteiger partial charge in [-0.25, -0.2) is 4.79 Å². The molecular weight excluding hydrogens is 274 g/mol. The van der Waals surface area contributed by atoms with Crippen molar-refractivity contribution < 1.29 is 13.7 Å². The van der Waals surface area contributed by atoms with Crippen LogP contribution in [0.2, 0.25) is 0 Å². The first-order chi connectivity index (χ1) is 10.0. The normalized spacial score (nSPS) is 11.0. The lowest BCUT2D eigenvalue weighted by molar-refractivity contribution is -0.115. The van der Waals surface area contributed by atoms with Gasteiger partial charge in [0.1, 0.15) is 5.76 Å². The summed E-state index contributed by atoms with van der Waals surface area (Å²) < 4.78 is 9.92. The highest BCUT2D eigenvalue weighted by atomic mass is 16.5. The summed E-state index contributed by atoms with van der Waals surface area (Å²) in [6, 6.07) is 4.94. The number of nitrogens with zero attached hydrogens (tertiary/aromatic N) is 1. The number of H-pyrrole nitrogens is 1. The van der Waals surface area contributed by atoms with Crippen molar-refractivity contribution in [2.45, 2.75) is 20.3 Å². The molecule has 2 heterocycles. The van der Waals surface area contributed by atoms with E-state index in [0.29, 0.717) is 28.2 Å². The zero-order chi connectivity index (χ0) is 15.0. The largest absolute Gasteiger partial charge is 0.417 e. The number of anilines is 1. The van der Waals surface area contributed by atoms with Gasteiger partial charge in [0.15, 0.2) is 5.58 Å². The van der Waals surface area contributed by atoms with Crippen LogP contribution in [0.15, 0.2) is 31.9 Å². The van der Waals surface area contributed by atoms with Crippen molar-refractivity contribution in [3.8, 4) is 0 Å². The Labute approximate surface area is 118 Å². The topological polar surface area (TPSA) is 101 Å². The first-order valence-electron chi connectivity index (χ1n) is 6.37. The molecule has 1 amide bonds. The molecule has 0 fully saturated rings. The fourth-order valence-corrected chi connectivity index (χ4v) is 2.15. The number of aromatic nitrogens is 2. The number of carbonyl (C=O) groups excluding carboxylic acids is 1. The summed E-state index contributed by atoms with van der Waals surface area (Å²) >= 11 is 0. The summed E-state index contributed by atoms with van der Waals surface area (Å²) in [5, 5.41) is 6.58. The van der Waals surface area contributed by atoms with Crippen LogP contribution in [0.5, 0.6) is 0 Å². The van der Waals surface area contributed by atoms with E-state index in [1.807, 2.05) is 0 Å². The molecule has 2 aromatic heterocycles. The van der Waals surface area contributed by atoms with Crippen molar-refractivity contribution in [2.24, 2.45) is 0 Å². The molecule has 0 radical (unpaired) electrons. The van der Waals surface area contributed by atoms with Crippen LogP contribution < -0.4 is 11.1 Å². The number of fused-ring (bicyclic) bond motifs is 1. The molecule has 0 aliphatic rings. The highest BCUT2D eigenvalue weighted by Gasteiger charge is 2.14. The van der Waals surface area contributed by atoms with Gasteiger partial charge in [0.25, 0.3) is 0 Å². The minimum absolute atomic E-state index is 0.182. The van der Waals surface area contributed by atoms with Gasteiger partial charge in [-0.3, -0.25) is 9.78 Å². The van der Waals surface area contributed by atoms with E-state index < -0.39 is 5.76 Å². The van der Waals surface area contributed by atoms with Crippen LogP contribution in [0, 0.1) is 13.8 Å². The summed E-state index contributed by atoms with van der Waals surface area (Å²) in [5.41, 5.74) is 3.05. The molecule has 3 rings (SSSR count). The van der Waals surface area contributed by atoms with Crippen molar-refractivity contribution in [2.75, 3.05) is 5.32 Å². The van der Waals surface area contributed by atoms with Crippen LogP contribution in [-0.4, -0.2) is 16.0 Å². The SMILES string of the molecule is Cc1noc(C)c1CC(=O)Nc1ccc2oc(=O)[nH]c2c1. The highest BCUT2D eigenvalue weighted by molar-refractivity contribution is 5.94. The number of hydrogen-bond donors (Lipinski definition) is 2. The summed E-state index contributed by atoms with van der Waals surface area (Å²) in [4.78, 5) is 25.7. The number of nitrogens with one attached hydrogen (secondary N) is 2. The van der Waals surface area contributed by atoms with Gasteiger partial charge in [0.2, 0.25) is 5.91 Å². The smallest absolute Gasteiger partial charge is 0.408 e. The minimum Gasteiger partial charge on any atom is -0.408 e. The van der Waals surface area contributed by atoms with Gasteiger partial charge < -0.3 is 14.3 Å². The molecule has 3 aromatic rings. The molecule has 0 saturated heterocycles. The molecule has 108 valence electrons. The highest BCUT2D eigenvalue weighted by Crippen LogP contribution is 2.17. The summed E-state index contributed by atoms with van der Waals surface area (Å²) in [5.74, 6) is -0.0731. The molecule has 0 unspecified atom stereocenters. The maximum Gasteiger partial charge on any atom is 0.417 e. The predicted octanol–water partition coefficient (Wildman–Crippen LogP) is 1.91. The van der Waals surface area contributed by atoms with Gasteiger partial charge in [-0.1, -0.05) is 5.16 Å². The van der Waals surface area contributed by atoms with Crippen molar-refractivity contribution in [3.63, 3.8) is 0 Å². The van der Waals surface area contributed by atoms with Crippen LogP contribution in [0.3, 0.4) is 0 Å². The van der Waals surface area contributed by atoms with E-state index in [0.717, 1.165) is 5.56 Å². The standard InChI is InChI=1S/C14H13N3O4/c1-7-10(8(2)21-17-7)6-13(18)15-9-3-4-12-11(5-9)16-14(19)20-12/h3-5H,6H2,1-2H3,(H,15,18)(H,16,19). The maximum atomic E-state index is 12.0. The van der Waals surface area contributed by atoms with Crippen molar-refractivity contribution in [3.05, 3.63) is 45.8 Å². The molecule has 2 N–H and O–H groups in total. The van der Waals surface area contributed by atoms with E-state index in [1.165, 1.54) is 0 Å². The third-order valence-corrected chi connectivity index (χ3v) is 3.22. The molecule has 21 heavy (non-hydrogen) atoms. The monoisotopic (exact) mass is 287 g/mol. The summed E-state index contributed by atoms with van der Waals surface area (Å²) in [6.07, 6.45) is 0.182. The van der Waals surface area contributed by atoms with Crippen molar-refractivity contribution >= 4 is 22.7 Å². The van der Waals surface area contributed by atoms with Crippen LogP contribution in [0.25, 0.3) is 11.1 Å². The van der Waals surface area contributed by atoms with Crippen LogP contribution in [0.4, 0.5) is 5.69 Å². The lowest BCUT2D eigenvalue weighted by Crippen LogP contribution is -2.15. The second-order valence-electron chi connectivity index (χ2n) is 4.75. The van der Waals surface area contributed by atoms with Gasteiger partial charge >= 0.3 is 5.76 Å². The molecule has 7 heteroatoms. The van der Waals surface area contributed by atoms with E-state index in [2.05, 4.69) is 15.5 Å².